The van der Waals surface area contributed by atoms with E-state index < -0.39 is 0 Å². The normalized spacial score (nSPS) is 22.6. The van der Waals surface area contributed by atoms with Gasteiger partial charge >= 0.3 is 0 Å². The summed E-state index contributed by atoms with van der Waals surface area (Å²) in [7, 11) is 0. The van der Waals surface area contributed by atoms with Crippen LogP contribution in [0, 0.1) is 5.41 Å². The number of hydrogen-bond acceptors (Lipinski definition) is 2. The van der Waals surface area contributed by atoms with Crippen molar-refractivity contribution in [2.75, 3.05) is 6.54 Å². The van der Waals surface area contributed by atoms with Crippen molar-refractivity contribution < 1.29 is 4.79 Å². The monoisotopic (exact) mass is 274 g/mol. The summed E-state index contributed by atoms with van der Waals surface area (Å²) in [4.78, 5) is 14.0. The molecule has 1 fully saturated rings. The molecule has 1 aromatic carbocycles. The molecule has 0 spiro atoms. The highest BCUT2D eigenvalue weighted by atomic mass is 16.1. The van der Waals surface area contributed by atoms with E-state index in [9.17, 15) is 4.79 Å². The Bertz CT molecular complexity index is 440. The molecule has 1 atom stereocenters. The van der Waals surface area contributed by atoms with Crippen molar-refractivity contribution in [3.63, 3.8) is 0 Å². The fraction of sp³-hybridized carbons (Fsp3) is 0.588. The van der Waals surface area contributed by atoms with Gasteiger partial charge in [0.1, 0.15) is 0 Å². The van der Waals surface area contributed by atoms with Crippen LogP contribution in [0.2, 0.25) is 0 Å². The number of primary amides is 1. The number of amides is 1. The van der Waals surface area contributed by atoms with E-state index >= 15 is 0 Å². The first kappa shape index (κ1) is 15.0. The van der Waals surface area contributed by atoms with Crippen LogP contribution in [0.4, 0.5) is 0 Å². The van der Waals surface area contributed by atoms with Gasteiger partial charge in [-0.15, -0.1) is 0 Å². The molecule has 1 saturated heterocycles. The van der Waals surface area contributed by atoms with Gasteiger partial charge in [-0.25, -0.2) is 0 Å². The Kier molecular flexibility index (Phi) is 4.81. The maximum Gasteiger partial charge on any atom is 0.234 e. The van der Waals surface area contributed by atoms with Crippen LogP contribution in [-0.4, -0.2) is 23.4 Å². The summed E-state index contributed by atoms with van der Waals surface area (Å²) in [6.07, 6.45) is 4.34. The number of rotatable bonds is 5. The first-order valence-electron chi connectivity index (χ1n) is 7.67. The minimum atomic E-state index is -0.179. The summed E-state index contributed by atoms with van der Waals surface area (Å²) in [6, 6.07) is 10.2. The first-order chi connectivity index (χ1) is 9.60. The van der Waals surface area contributed by atoms with Gasteiger partial charge in [-0.2, -0.15) is 0 Å². The average molecular weight is 274 g/mol. The van der Waals surface area contributed by atoms with Crippen molar-refractivity contribution in [2.45, 2.75) is 52.1 Å². The fourth-order valence-electron chi connectivity index (χ4n) is 3.38. The maximum absolute atomic E-state index is 11.7. The number of nitrogens with zero attached hydrogens (tertiary/aromatic N) is 1. The Hall–Kier alpha value is -1.35. The fourth-order valence-corrected chi connectivity index (χ4v) is 3.38. The topological polar surface area (TPSA) is 46.3 Å². The molecule has 2 N–H and O–H groups in total. The van der Waals surface area contributed by atoms with Gasteiger partial charge in [0.2, 0.25) is 5.91 Å². The van der Waals surface area contributed by atoms with E-state index in [0.29, 0.717) is 5.41 Å². The molecule has 1 heterocycles. The highest BCUT2D eigenvalue weighted by molar-refractivity contribution is 5.80. The second-order valence-electron chi connectivity index (χ2n) is 6.05. The maximum atomic E-state index is 11.7. The second-order valence-corrected chi connectivity index (χ2v) is 6.05. The molecule has 1 aromatic rings. The second kappa shape index (κ2) is 6.40. The Morgan fingerprint density at radius 3 is 2.50 bits per heavy atom. The molecule has 1 aliphatic rings. The summed E-state index contributed by atoms with van der Waals surface area (Å²) < 4.78 is 0. The Labute approximate surface area is 122 Å². The SMILES string of the molecule is CCC1(CC)CCC(C(N)=O)N(Cc2ccccc2)C1. The summed E-state index contributed by atoms with van der Waals surface area (Å²) in [5.41, 5.74) is 7.20. The van der Waals surface area contributed by atoms with E-state index in [1.807, 2.05) is 18.2 Å². The predicted octanol–water partition coefficient (Wildman–Crippen LogP) is 2.94. The number of carbonyl (C=O) groups excluding carboxylic acids is 1. The number of benzene rings is 1. The van der Waals surface area contributed by atoms with Gasteiger partial charge in [0.25, 0.3) is 0 Å². The largest absolute Gasteiger partial charge is 0.368 e. The first-order valence-corrected chi connectivity index (χ1v) is 7.67. The Morgan fingerprint density at radius 2 is 1.95 bits per heavy atom. The number of likely N-dealkylation sites (tertiary alicyclic amines) is 1. The molecular weight excluding hydrogens is 248 g/mol. The highest BCUT2D eigenvalue weighted by Crippen LogP contribution is 2.39. The van der Waals surface area contributed by atoms with E-state index in [1.54, 1.807) is 0 Å². The van der Waals surface area contributed by atoms with Crippen LogP contribution in [-0.2, 0) is 11.3 Å². The van der Waals surface area contributed by atoms with E-state index in [2.05, 4.69) is 30.9 Å². The van der Waals surface area contributed by atoms with Gasteiger partial charge in [0, 0.05) is 13.1 Å². The van der Waals surface area contributed by atoms with Crippen molar-refractivity contribution >= 4 is 5.91 Å². The summed E-state index contributed by atoms with van der Waals surface area (Å²) in [5.74, 6) is -0.179. The molecule has 110 valence electrons. The van der Waals surface area contributed by atoms with E-state index in [0.717, 1.165) is 25.9 Å². The third-order valence-electron chi connectivity index (χ3n) is 4.98. The predicted molar refractivity (Wildman–Crippen MR) is 82.1 cm³/mol. The summed E-state index contributed by atoms with van der Waals surface area (Å²) in [5, 5.41) is 0. The molecule has 0 saturated carbocycles. The van der Waals surface area contributed by atoms with Gasteiger partial charge in [-0.05, 0) is 36.7 Å². The molecule has 3 nitrogen and oxygen atoms in total. The van der Waals surface area contributed by atoms with Crippen LogP contribution in [0.25, 0.3) is 0 Å². The standard InChI is InChI=1S/C17H26N2O/c1-3-17(4-2)11-10-15(16(18)20)19(13-17)12-14-8-6-5-7-9-14/h5-9,15H,3-4,10-13H2,1-2H3,(H2,18,20). The molecule has 0 aromatic heterocycles. The quantitative estimate of drug-likeness (QED) is 0.897. The zero-order valence-electron chi connectivity index (χ0n) is 12.6. The van der Waals surface area contributed by atoms with Gasteiger partial charge in [-0.3, -0.25) is 9.69 Å². The van der Waals surface area contributed by atoms with Crippen molar-refractivity contribution in [2.24, 2.45) is 11.1 Å². The highest BCUT2D eigenvalue weighted by Gasteiger charge is 2.39. The van der Waals surface area contributed by atoms with Crippen LogP contribution in [0.3, 0.4) is 0 Å². The molecule has 1 amide bonds. The third kappa shape index (κ3) is 3.21. The van der Waals surface area contributed by atoms with Crippen molar-refractivity contribution in [3.8, 4) is 0 Å². The van der Waals surface area contributed by atoms with Crippen LogP contribution in [0.5, 0.6) is 0 Å². The van der Waals surface area contributed by atoms with Crippen LogP contribution >= 0.6 is 0 Å². The van der Waals surface area contributed by atoms with E-state index in [-0.39, 0.29) is 11.9 Å². The lowest BCUT2D eigenvalue weighted by molar-refractivity contribution is -0.126. The van der Waals surface area contributed by atoms with Gasteiger partial charge < -0.3 is 5.73 Å². The summed E-state index contributed by atoms with van der Waals surface area (Å²) in [6.45, 7) is 6.31. The van der Waals surface area contributed by atoms with Crippen molar-refractivity contribution in [3.05, 3.63) is 35.9 Å². The minimum Gasteiger partial charge on any atom is -0.368 e. The van der Waals surface area contributed by atoms with E-state index in [1.165, 1.54) is 18.4 Å². The minimum absolute atomic E-state index is 0.110. The molecule has 0 bridgehead atoms. The number of hydrogen-bond donors (Lipinski definition) is 1. The van der Waals surface area contributed by atoms with Gasteiger partial charge in [-0.1, -0.05) is 44.2 Å². The zero-order chi connectivity index (χ0) is 14.6. The van der Waals surface area contributed by atoms with Gasteiger partial charge in [0.15, 0.2) is 0 Å². The van der Waals surface area contributed by atoms with Crippen molar-refractivity contribution in [1.29, 1.82) is 0 Å². The lowest BCUT2D eigenvalue weighted by Crippen LogP contribution is -2.53. The van der Waals surface area contributed by atoms with Crippen LogP contribution < -0.4 is 5.73 Å². The third-order valence-corrected chi connectivity index (χ3v) is 4.98. The Balaban J connectivity index is 2.17. The molecule has 1 aliphatic heterocycles. The molecule has 0 aliphatic carbocycles. The van der Waals surface area contributed by atoms with E-state index in [4.69, 9.17) is 5.73 Å². The average Bonchev–Trinajstić information content (AvgIpc) is 2.48. The molecule has 2 rings (SSSR count). The number of nitrogens with two attached hydrogens (primary N) is 1. The molecule has 0 radical (unpaired) electrons. The molecular formula is C17H26N2O. The molecule has 1 unspecified atom stereocenters. The van der Waals surface area contributed by atoms with Crippen LogP contribution in [0.15, 0.2) is 30.3 Å². The number of piperidine rings is 1. The number of carbonyl (C=O) groups is 1. The summed E-state index contributed by atoms with van der Waals surface area (Å²) >= 11 is 0. The van der Waals surface area contributed by atoms with Gasteiger partial charge in [0.05, 0.1) is 6.04 Å². The van der Waals surface area contributed by atoms with Crippen LogP contribution in [0.1, 0.15) is 45.1 Å². The molecule has 20 heavy (non-hydrogen) atoms. The zero-order valence-corrected chi connectivity index (χ0v) is 12.6. The smallest absolute Gasteiger partial charge is 0.234 e. The molecule has 3 heteroatoms. The lowest BCUT2D eigenvalue weighted by atomic mass is 9.73. The van der Waals surface area contributed by atoms with Crippen molar-refractivity contribution in [1.82, 2.24) is 4.90 Å². The lowest BCUT2D eigenvalue weighted by Gasteiger charge is -2.45. The Morgan fingerprint density at radius 1 is 1.30 bits per heavy atom.